The number of aryl methyl sites for hydroxylation is 2. The van der Waals surface area contributed by atoms with E-state index in [1.54, 1.807) is 0 Å². The maximum atomic E-state index is 10.9. The van der Waals surface area contributed by atoms with Gasteiger partial charge in [-0.2, -0.15) is 0 Å². The lowest BCUT2D eigenvalue weighted by Crippen LogP contribution is -2.49. The lowest BCUT2D eigenvalue weighted by Gasteiger charge is -2.36. The summed E-state index contributed by atoms with van der Waals surface area (Å²) in [5.74, 6) is 0.614. The molecular weight excluding hydrogens is 390 g/mol. The molecule has 0 amide bonds. The van der Waals surface area contributed by atoms with E-state index < -0.39 is 5.97 Å². The lowest BCUT2D eigenvalue weighted by atomic mass is 9.98. The molecule has 156 valence electrons. The standard InChI is InChI=1S/C23H28ClNO4/c1-14(2)29-21-6-5-17(9-20(21)24)13-28-22-15(3)7-18(8-16(22)4)10-25-11-19(12-25)23(26)27/h5-9,14,19H,10-13H2,1-4H3,(H,26,27). The summed E-state index contributed by atoms with van der Waals surface area (Å²) < 4.78 is 11.8. The quantitative estimate of drug-likeness (QED) is 0.666. The second-order valence-corrected chi connectivity index (χ2v) is 8.42. The minimum absolute atomic E-state index is 0.0738. The third kappa shape index (κ3) is 5.43. The van der Waals surface area contributed by atoms with E-state index in [4.69, 9.17) is 26.2 Å². The molecule has 1 N–H and O–H groups in total. The van der Waals surface area contributed by atoms with Crippen LogP contribution in [0.3, 0.4) is 0 Å². The van der Waals surface area contributed by atoms with Gasteiger partial charge in [0.2, 0.25) is 0 Å². The van der Waals surface area contributed by atoms with Crippen molar-refractivity contribution in [1.82, 2.24) is 4.90 Å². The molecule has 2 aromatic rings. The Balaban J connectivity index is 1.61. The second-order valence-electron chi connectivity index (χ2n) is 8.01. The fourth-order valence-electron chi connectivity index (χ4n) is 3.61. The number of carboxylic acids is 1. The van der Waals surface area contributed by atoms with Gasteiger partial charge in [-0.1, -0.05) is 29.8 Å². The molecule has 5 nitrogen and oxygen atoms in total. The van der Waals surface area contributed by atoms with Crippen LogP contribution in [0.15, 0.2) is 30.3 Å². The first kappa shape index (κ1) is 21.5. The Morgan fingerprint density at radius 3 is 2.38 bits per heavy atom. The highest BCUT2D eigenvalue weighted by Gasteiger charge is 2.32. The van der Waals surface area contributed by atoms with Gasteiger partial charge in [0.05, 0.1) is 17.0 Å². The van der Waals surface area contributed by atoms with Gasteiger partial charge in [-0.25, -0.2) is 0 Å². The number of carbonyl (C=O) groups is 1. The van der Waals surface area contributed by atoms with Crippen LogP contribution in [-0.2, 0) is 17.9 Å². The van der Waals surface area contributed by atoms with Crippen LogP contribution < -0.4 is 9.47 Å². The van der Waals surface area contributed by atoms with Gasteiger partial charge in [-0.3, -0.25) is 9.69 Å². The van der Waals surface area contributed by atoms with Crippen LogP contribution in [0.25, 0.3) is 0 Å². The van der Waals surface area contributed by atoms with Crippen LogP contribution in [0.5, 0.6) is 11.5 Å². The van der Waals surface area contributed by atoms with Crippen molar-refractivity contribution >= 4 is 17.6 Å². The highest BCUT2D eigenvalue weighted by atomic mass is 35.5. The predicted octanol–water partition coefficient (Wildman–Crippen LogP) is 4.84. The number of hydrogen-bond donors (Lipinski definition) is 1. The smallest absolute Gasteiger partial charge is 0.309 e. The Morgan fingerprint density at radius 2 is 1.83 bits per heavy atom. The maximum Gasteiger partial charge on any atom is 0.309 e. The van der Waals surface area contributed by atoms with Gasteiger partial charge in [0.1, 0.15) is 18.1 Å². The van der Waals surface area contributed by atoms with Crippen molar-refractivity contribution in [3.63, 3.8) is 0 Å². The zero-order valence-corrected chi connectivity index (χ0v) is 18.1. The van der Waals surface area contributed by atoms with Crippen molar-refractivity contribution in [1.29, 1.82) is 0 Å². The van der Waals surface area contributed by atoms with Gasteiger partial charge in [0.25, 0.3) is 0 Å². The molecule has 3 rings (SSSR count). The molecule has 2 aromatic carbocycles. The van der Waals surface area contributed by atoms with Crippen molar-refractivity contribution in [2.24, 2.45) is 5.92 Å². The monoisotopic (exact) mass is 417 g/mol. The molecule has 1 aliphatic heterocycles. The number of nitrogens with zero attached hydrogens (tertiary/aromatic N) is 1. The Kier molecular flexibility index (Phi) is 6.70. The van der Waals surface area contributed by atoms with Crippen molar-refractivity contribution in [3.05, 3.63) is 57.6 Å². The molecule has 1 aliphatic rings. The molecule has 6 heteroatoms. The topological polar surface area (TPSA) is 59.0 Å². The highest BCUT2D eigenvalue weighted by molar-refractivity contribution is 6.32. The number of ether oxygens (including phenoxy) is 2. The largest absolute Gasteiger partial charge is 0.489 e. The van der Waals surface area contributed by atoms with Gasteiger partial charge < -0.3 is 14.6 Å². The molecule has 0 aliphatic carbocycles. The van der Waals surface area contributed by atoms with E-state index in [1.807, 2.05) is 45.9 Å². The average Bonchev–Trinajstić information content (AvgIpc) is 2.58. The highest BCUT2D eigenvalue weighted by Crippen LogP contribution is 2.30. The number of benzene rings is 2. The van der Waals surface area contributed by atoms with Crippen LogP contribution in [-0.4, -0.2) is 35.2 Å². The van der Waals surface area contributed by atoms with Crippen LogP contribution in [0.1, 0.15) is 36.1 Å². The summed E-state index contributed by atoms with van der Waals surface area (Å²) in [5, 5.41) is 9.59. The van der Waals surface area contributed by atoms with Crippen molar-refractivity contribution in [2.75, 3.05) is 13.1 Å². The fraction of sp³-hybridized carbons (Fsp3) is 0.435. The first-order valence-corrected chi connectivity index (χ1v) is 10.2. The number of rotatable bonds is 8. The first-order valence-electron chi connectivity index (χ1n) is 9.86. The number of likely N-dealkylation sites (tertiary alicyclic amines) is 1. The van der Waals surface area contributed by atoms with E-state index in [9.17, 15) is 4.79 Å². The molecule has 0 bridgehead atoms. The zero-order chi connectivity index (χ0) is 21.1. The van der Waals surface area contributed by atoms with Crippen molar-refractivity contribution < 1.29 is 19.4 Å². The van der Waals surface area contributed by atoms with Gasteiger partial charge in [0, 0.05) is 19.6 Å². The molecular formula is C23H28ClNO4. The Bertz CT molecular complexity index is 867. The summed E-state index contributed by atoms with van der Waals surface area (Å²) in [6.45, 7) is 10.4. The predicted molar refractivity (Wildman–Crippen MR) is 114 cm³/mol. The molecule has 1 saturated heterocycles. The number of carboxylic acid groups (broad SMARTS) is 1. The Labute approximate surface area is 177 Å². The van der Waals surface area contributed by atoms with Gasteiger partial charge in [-0.15, -0.1) is 0 Å². The van der Waals surface area contributed by atoms with E-state index >= 15 is 0 Å². The number of aliphatic carboxylic acids is 1. The van der Waals surface area contributed by atoms with E-state index in [0.717, 1.165) is 29.0 Å². The van der Waals surface area contributed by atoms with Crippen molar-refractivity contribution in [3.8, 4) is 11.5 Å². The number of hydrogen-bond acceptors (Lipinski definition) is 4. The summed E-state index contributed by atoms with van der Waals surface area (Å²) in [4.78, 5) is 13.1. The average molecular weight is 418 g/mol. The van der Waals surface area contributed by atoms with Crippen molar-refractivity contribution in [2.45, 2.75) is 47.0 Å². The summed E-state index contributed by atoms with van der Waals surface area (Å²) in [6, 6.07) is 9.94. The summed E-state index contributed by atoms with van der Waals surface area (Å²) in [6.07, 6.45) is 0.0738. The molecule has 0 saturated carbocycles. The van der Waals surface area contributed by atoms with Crippen LogP contribution in [0, 0.1) is 19.8 Å². The van der Waals surface area contributed by atoms with Gasteiger partial charge >= 0.3 is 5.97 Å². The molecule has 0 unspecified atom stereocenters. The molecule has 29 heavy (non-hydrogen) atoms. The maximum absolute atomic E-state index is 10.9. The van der Waals surface area contributed by atoms with E-state index in [2.05, 4.69) is 17.0 Å². The third-order valence-electron chi connectivity index (χ3n) is 4.97. The van der Waals surface area contributed by atoms with E-state index in [0.29, 0.717) is 30.5 Å². The Hall–Kier alpha value is -2.24. The summed E-state index contributed by atoms with van der Waals surface area (Å²) in [7, 11) is 0. The Morgan fingerprint density at radius 1 is 1.17 bits per heavy atom. The van der Waals surface area contributed by atoms with Gasteiger partial charge in [-0.05, 0) is 62.1 Å². The second kappa shape index (κ2) is 9.06. The zero-order valence-electron chi connectivity index (χ0n) is 17.4. The van der Waals surface area contributed by atoms with Crippen LogP contribution >= 0.6 is 11.6 Å². The summed E-state index contributed by atoms with van der Waals surface area (Å²) in [5.41, 5.74) is 4.30. The molecule has 1 heterocycles. The third-order valence-corrected chi connectivity index (χ3v) is 5.27. The van der Waals surface area contributed by atoms with Crippen LogP contribution in [0.4, 0.5) is 0 Å². The van der Waals surface area contributed by atoms with E-state index in [-0.39, 0.29) is 12.0 Å². The SMILES string of the molecule is Cc1cc(CN2CC(C(=O)O)C2)cc(C)c1OCc1ccc(OC(C)C)c(Cl)c1. The molecule has 0 aromatic heterocycles. The van der Waals surface area contributed by atoms with Gasteiger partial charge in [0.15, 0.2) is 0 Å². The molecule has 1 fully saturated rings. The minimum Gasteiger partial charge on any atom is -0.489 e. The minimum atomic E-state index is -0.707. The molecule has 0 radical (unpaired) electrons. The fourth-order valence-corrected chi connectivity index (χ4v) is 3.86. The van der Waals surface area contributed by atoms with Crippen LogP contribution in [0.2, 0.25) is 5.02 Å². The first-order chi connectivity index (χ1) is 13.7. The van der Waals surface area contributed by atoms with E-state index in [1.165, 1.54) is 5.56 Å². The normalized spacial score (nSPS) is 14.7. The lowest BCUT2D eigenvalue weighted by molar-refractivity contribution is -0.147. The molecule has 0 spiro atoms. The molecule has 0 atom stereocenters. The number of halogens is 1. The summed E-state index contributed by atoms with van der Waals surface area (Å²) >= 11 is 6.31.